The van der Waals surface area contributed by atoms with Crippen LogP contribution in [0.5, 0.6) is 23.0 Å². The van der Waals surface area contributed by atoms with Gasteiger partial charge in [0.1, 0.15) is 0 Å². The molecule has 0 unspecified atom stereocenters. The summed E-state index contributed by atoms with van der Waals surface area (Å²) in [6.07, 6.45) is 13.7. The smallest absolute Gasteiger partial charge is 0.260 e. The van der Waals surface area contributed by atoms with Crippen LogP contribution in [0.1, 0.15) is 64.8 Å². The van der Waals surface area contributed by atoms with Crippen molar-refractivity contribution in [3.05, 3.63) is 96.4 Å². The lowest BCUT2D eigenvalue weighted by Gasteiger charge is -2.22. The third-order valence-electron chi connectivity index (χ3n) is 9.49. The Hall–Kier alpha value is -5.84. The first kappa shape index (κ1) is 33.6. The highest BCUT2D eigenvalue weighted by Gasteiger charge is 2.35. The van der Waals surface area contributed by atoms with E-state index in [-0.39, 0.29) is 23.9 Å². The molecule has 0 saturated carbocycles. The maximum Gasteiger partial charge on any atom is 0.260 e. The van der Waals surface area contributed by atoms with Crippen molar-refractivity contribution in [2.75, 3.05) is 33.2 Å². The van der Waals surface area contributed by atoms with Gasteiger partial charge in [0, 0.05) is 55.0 Å². The number of aliphatic imine (C=N–C) groups is 2. The molecule has 51 heavy (non-hydrogen) atoms. The quantitative estimate of drug-likeness (QED) is 0.114. The van der Waals surface area contributed by atoms with Crippen LogP contribution in [0.3, 0.4) is 0 Å². The van der Waals surface area contributed by atoms with Crippen molar-refractivity contribution in [1.82, 2.24) is 9.80 Å². The van der Waals surface area contributed by atoms with E-state index >= 15 is 0 Å². The van der Waals surface area contributed by atoms with Crippen LogP contribution in [-0.4, -0.2) is 73.1 Å². The minimum Gasteiger partial charge on any atom is -0.493 e. The number of benzene rings is 3. The number of hydrogen-bond donors (Lipinski definition) is 1. The summed E-state index contributed by atoms with van der Waals surface area (Å²) in [5.74, 6) is 1.79. The van der Waals surface area contributed by atoms with Crippen LogP contribution in [0.2, 0.25) is 0 Å². The molecule has 2 N–H and O–H groups in total. The van der Waals surface area contributed by atoms with Gasteiger partial charge in [-0.15, -0.1) is 6.58 Å². The summed E-state index contributed by atoms with van der Waals surface area (Å²) in [6, 6.07) is 14.4. The fourth-order valence-electron chi connectivity index (χ4n) is 6.86. The number of amides is 2. The third-order valence-corrected chi connectivity index (χ3v) is 9.49. The molecule has 0 bridgehead atoms. The highest BCUT2D eigenvalue weighted by molar-refractivity contribution is 6.08. The van der Waals surface area contributed by atoms with Gasteiger partial charge in [0.25, 0.3) is 11.8 Å². The molecule has 11 heteroatoms. The number of nitrogens with two attached hydrogens (primary N) is 1. The zero-order valence-corrected chi connectivity index (χ0v) is 28.8. The SMILES string of the molecule is C=CCC1=Nc2cc(OCCCCCOc3cc4c(cc3OC)C(=O)N3C=C(c5cccc(N)c5)C[C@H]3C=N4)c(OC)cc2C(=O)N2C=CC[C@@H]12. The van der Waals surface area contributed by atoms with Crippen molar-refractivity contribution in [3.63, 3.8) is 0 Å². The number of allylic oxidation sites excluding steroid dienone is 1. The maximum absolute atomic E-state index is 13.7. The Morgan fingerprint density at radius 1 is 0.882 bits per heavy atom. The van der Waals surface area contributed by atoms with E-state index in [0.717, 1.165) is 42.5 Å². The summed E-state index contributed by atoms with van der Waals surface area (Å²) in [5.41, 5.74) is 11.7. The molecule has 0 radical (unpaired) electrons. The molecule has 0 spiro atoms. The van der Waals surface area contributed by atoms with E-state index in [1.54, 1.807) is 48.3 Å². The first-order valence-corrected chi connectivity index (χ1v) is 17.2. The van der Waals surface area contributed by atoms with E-state index in [1.165, 1.54) is 0 Å². The number of unbranched alkanes of at least 4 members (excludes halogenated alkanes) is 2. The molecule has 4 aliphatic rings. The molecule has 262 valence electrons. The topological polar surface area (TPSA) is 128 Å². The van der Waals surface area contributed by atoms with Gasteiger partial charge in [0.15, 0.2) is 23.0 Å². The number of hydrogen-bond acceptors (Lipinski definition) is 9. The average molecular weight is 688 g/mol. The number of methoxy groups -OCH3 is 2. The lowest BCUT2D eigenvalue weighted by molar-refractivity contribution is 0.0808. The van der Waals surface area contributed by atoms with Crippen molar-refractivity contribution in [3.8, 4) is 23.0 Å². The van der Waals surface area contributed by atoms with Gasteiger partial charge < -0.3 is 34.5 Å². The largest absolute Gasteiger partial charge is 0.493 e. The summed E-state index contributed by atoms with van der Waals surface area (Å²) < 4.78 is 23.5. The van der Waals surface area contributed by atoms with Crippen LogP contribution < -0.4 is 24.7 Å². The van der Waals surface area contributed by atoms with E-state index in [4.69, 9.17) is 34.7 Å². The number of nitrogens with zero attached hydrogens (tertiary/aromatic N) is 4. The van der Waals surface area contributed by atoms with Crippen LogP contribution in [0.4, 0.5) is 17.1 Å². The lowest BCUT2D eigenvalue weighted by Crippen LogP contribution is -2.37. The van der Waals surface area contributed by atoms with Gasteiger partial charge in [-0.05, 0) is 61.1 Å². The summed E-state index contributed by atoms with van der Waals surface area (Å²) in [6.45, 7) is 4.78. The molecule has 0 aliphatic carbocycles. The first-order valence-electron chi connectivity index (χ1n) is 17.2. The normalized spacial score (nSPS) is 18.5. The summed E-state index contributed by atoms with van der Waals surface area (Å²) in [5, 5.41) is 0. The van der Waals surface area contributed by atoms with E-state index in [1.807, 2.05) is 55.0 Å². The molecule has 3 aromatic carbocycles. The van der Waals surface area contributed by atoms with Crippen LogP contribution in [0.25, 0.3) is 5.57 Å². The molecule has 0 saturated heterocycles. The molecule has 4 aliphatic heterocycles. The fraction of sp³-hybridized carbons (Fsp3) is 0.300. The number of anilines is 1. The van der Waals surface area contributed by atoms with E-state index in [0.29, 0.717) is 77.2 Å². The Bertz CT molecular complexity index is 2000. The molecular formula is C40H41N5O6. The lowest BCUT2D eigenvalue weighted by atomic mass is 10.0. The predicted molar refractivity (Wildman–Crippen MR) is 198 cm³/mol. The molecule has 3 aromatic rings. The van der Waals surface area contributed by atoms with Crippen LogP contribution in [-0.2, 0) is 0 Å². The number of nitrogen functional groups attached to an aromatic ring is 1. The molecule has 4 heterocycles. The fourth-order valence-corrected chi connectivity index (χ4v) is 6.86. The highest BCUT2D eigenvalue weighted by Crippen LogP contribution is 2.41. The second-order valence-corrected chi connectivity index (χ2v) is 12.8. The second kappa shape index (κ2) is 14.6. The van der Waals surface area contributed by atoms with Crippen molar-refractivity contribution in [1.29, 1.82) is 0 Å². The molecule has 2 amide bonds. The minimum atomic E-state index is -0.190. The number of rotatable bonds is 13. The number of ether oxygens (including phenoxy) is 4. The summed E-state index contributed by atoms with van der Waals surface area (Å²) >= 11 is 0. The predicted octanol–water partition coefficient (Wildman–Crippen LogP) is 7.28. The van der Waals surface area contributed by atoms with Crippen molar-refractivity contribution >= 4 is 46.4 Å². The Kier molecular flexibility index (Phi) is 9.61. The van der Waals surface area contributed by atoms with Crippen molar-refractivity contribution < 1.29 is 28.5 Å². The standard InChI is InChI=1S/C40H41N5O6/c1-4-10-31-34-13-9-14-44(34)39(46)30-20-36(49-3)38(22-33(30)43-31)51-16-7-5-6-15-50-37-21-32-29(19-35(37)48-2)40(47)45-24-26(18-28(45)23-42-32)25-11-8-12-27(41)17-25/h4,8-9,11-12,14,17,19-24,28,34H,1,5-7,10,13,15-16,18,41H2,2-3H3/t28-,34-/m0/s1. The van der Waals surface area contributed by atoms with Gasteiger partial charge in [-0.25, -0.2) is 0 Å². The summed E-state index contributed by atoms with van der Waals surface area (Å²) in [7, 11) is 3.13. The van der Waals surface area contributed by atoms with Gasteiger partial charge in [-0.1, -0.05) is 24.3 Å². The zero-order chi connectivity index (χ0) is 35.5. The zero-order valence-electron chi connectivity index (χ0n) is 28.8. The highest BCUT2D eigenvalue weighted by atomic mass is 16.5. The Morgan fingerprint density at radius 2 is 1.57 bits per heavy atom. The van der Waals surface area contributed by atoms with Gasteiger partial charge >= 0.3 is 0 Å². The van der Waals surface area contributed by atoms with Gasteiger partial charge in [0.2, 0.25) is 0 Å². The average Bonchev–Trinajstić information content (AvgIpc) is 3.76. The third kappa shape index (κ3) is 6.71. The van der Waals surface area contributed by atoms with Gasteiger partial charge in [-0.2, -0.15) is 0 Å². The maximum atomic E-state index is 13.7. The molecule has 2 atom stereocenters. The summed E-state index contributed by atoms with van der Waals surface area (Å²) in [4.78, 5) is 40.1. The van der Waals surface area contributed by atoms with Gasteiger partial charge in [0.05, 0.1) is 62.0 Å². The van der Waals surface area contributed by atoms with Crippen LogP contribution in [0, 0.1) is 0 Å². The number of carbonyl (C=O) groups is 2. The molecule has 11 nitrogen and oxygen atoms in total. The van der Waals surface area contributed by atoms with E-state index in [2.05, 4.69) is 6.58 Å². The van der Waals surface area contributed by atoms with Crippen molar-refractivity contribution in [2.24, 2.45) is 9.98 Å². The molecule has 7 rings (SSSR count). The molecule has 0 fully saturated rings. The minimum absolute atomic E-state index is 0.105. The Balaban J connectivity index is 0.950. The molecular weight excluding hydrogens is 646 g/mol. The van der Waals surface area contributed by atoms with Gasteiger partial charge in [-0.3, -0.25) is 19.6 Å². The Morgan fingerprint density at radius 3 is 2.25 bits per heavy atom. The first-order chi connectivity index (χ1) is 24.9. The van der Waals surface area contributed by atoms with Crippen molar-refractivity contribution in [2.45, 2.75) is 50.6 Å². The number of carbonyl (C=O) groups excluding carboxylic acids is 2. The van der Waals surface area contributed by atoms with E-state index < -0.39 is 0 Å². The van der Waals surface area contributed by atoms with Crippen LogP contribution in [0.15, 0.2) is 89.6 Å². The number of fused-ring (bicyclic) bond motifs is 4. The molecule has 0 aromatic heterocycles. The van der Waals surface area contributed by atoms with Crippen LogP contribution >= 0.6 is 0 Å². The second-order valence-electron chi connectivity index (χ2n) is 12.8. The van der Waals surface area contributed by atoms with E-state index in [9.17, 15) is 9.59 Å². The monoisotopic (exact) mass is 687 g/mol. The Labute approximate surface area is 297 Å².